The lowest BCUT2D eigenvalue weighted by atomic mass is 10.2. The number of nitrogens with two attached hydrogens (primary N) is 1. The van der Waals surface area contributed by atoms with Gasteiger partial charge >= 0.3 is 0 Å². The lowest BCUT2D eigenvalue weighted by Gasteiger charge is -2.28. The van der Waals surface area contributed by atoms with Crippen LogP contribution in [0.3, 0.4) is 0 Å². The van der Waals surface area contributed by atoms with Gasteiger partial charge in [-0.25, -0.2) is 9.97 Å². The molecular weight excluding hydrogens is 230 g/mol. The van der Waals surface area contributed by atoms with Crippen LogP contribution in [-0.4, -0.2) is 35.5 Å². The molecule has 1 heterocycles. The van der Waals surface area contributed by atoms with Crippen LogP contribution in [0.15, 0.2) is 0 Å². The van der Waals surface area contributed by atoms with E-state index in [0.717, 1.165) is 17.2 Å². The molecule has 0 saturated heterocycles. The van der Waals surface area contributed by atoms with Crippen molar-refractivity contribution < 1.29 is 4.79 Å². The van der Waals surface area contributed by atoms with E-state index < -0.39 is 0 Å². The van der Waals surface area contributed by atoms with Gasteiger partial charge in [-0.05, 0) is 27.7 Å². The fourth-order valence-corrected chi connectivity index (χ4v) is 1.81. The minimum atomic E-state index is -0.370. The van der Waals surface area contributed by atoms with E-state index in [-0.39, 0.29) is 18.5 Å². The lowest BCUT2D eigenvalue weighted by Crippen LogP contribution is -2.39. The zero-order chi connectivity index (χ0) is 13.9. The molecule has 0 unspecified atom stereocenters. The minimum absolute atomic E-state index is 0.134. The number of hydrogen-bond acceptors (Lipinski definition) is 5. The molecule has 6 heteroatoms. The largest absolute Gasteiger partial charge is 0.373 e. The highest BCUT2D eigenvalue weighted by molar-refractivity contribution is 5.80. The summed E-state index contributed by atoms with van der Waals surface area (Å²) in [7, 11) is 1.81. The van der Waals surface area contributed by atoms with Gasteiger partial charge in [0.2, 0.25) is 5.91 Å². The summed E-state index contributed by atoms with van der Waals surface area (Å²) in [4.78, 5) is 21.8. The molecule has 0 saturated carbocycles. The highest BCUT2D eigenvalue weighted by Gasteiger charge is 2.19. The molecule has 100 valence electrons. The SMILES string of the molecule is CNc1nc(C)nc(N(CC(N)=O)C(C)C)c1C. The van der Waals surface area contributed by atoms with Crippen molar-refractivity contribution in [3.8, 4) is 0 Å². The highest BCUT2D eigenvalue weighted by atomic mass is 16.1. The number of nitrogens with one attached hydrogen (secondary N) is 1. The molecule has 18 heavy (non-hydrogen) atoms. The number of amides is 1. The standard InChI is InChI=1S/C12H21N5O/c1-7(2)17(6-10(13)18)12-8(3)11(14-5)15-9(4)16-12/h7H,6H2,1-5H3,(H2,13,18)(H,14,15,16). The van der Waals surface area contributed by atoms with Gasteiger partial charge in [0.25, 0.3) is 0 Å². The number of primary amides is 1. The molecule has 0 radical (unpaired) electrons. The summed E-state index contributed by atoms with van der Waals surface area (Å²) < 4.78 is 0. The van der Waals surface area contributed by atoms with Crippen LogP contribution in [-0.2, 0) is 4.79 Å². The van der Waals surface area contributed by atoms with Crippen LogP contribution in [0.4, 0.5) is 11.6 Å². The molecule has 1 rings (SSSR count). The van der Waals surface area contributed by atoms with E-state index >= 15 is 0 Å². The van der Waals surface area contributed by atoms with E-state index in [9.17, 15) is 4.79 Å². The van der Waals surface area contributed by atoms with Crippen LogP contribution in [0.2, 0.25) is 0 Å². The number of carbonyl (C=O) groups excluding carboxylic acids is 1. The van der Waals surface area contributed by atoms with E-state index in [1.54, 1.807) is 0 Å². The average Bonchev–Trinajstić information content (AvgIpc) is 2.28. The number of aromatic nitrogens is 2. The Morgan fingerprint density at radius 2 is 2.00 bits per heavy atom. The Kier molecular flexibility index (Phi) is 4.47. The molecule has 1 aromatic rings. The predicted molar refractivity (Wildman–Crippen MR) is 72.7 cm³/mol. The monoisotopic (exact) mass is 251 g/mol. The third kappa shape index (κ3) is 3.09. The van der Waals surface area contributed by atoms with Crippen LogP contribution in [0.25, 0.3) is 0 Å². The van der Waals surface area contributed by atoms with Crippen molar-refractivity contribution in [2.24, 2.45) is 5.73 Å². The molecule has 0 spiro atoms. The summed E-state index contributed by atoms with van der Waals surface area (Å²) in [5.41, 5.74) is 6.20. The Morgan fingerprint density at radius 3 is 2.44 bits per heavy atom. The van der Waals surface area contributed by atoms with Crippen molar-refractivity contribution in [1.82, 2.24) is 9.97 Å². The van der Waals surface area contributed by atoms with E-state index in [2.05, 4.69) is 15.3 Å². The normalized spacial score (nSPS) is 10.6. The number of nitrogens with zero attached hydrogens (tertiary/aromatic N) is 3. The van der Waals surface area contributed by atoms with Crippen LogP contribution >= 0.6 is 0 Å². The molecule has 1 amide bonds. The Bertz CT molecular complexity index is 444. The quantitative estimate of drug-likeness (QED) is 0.810. The molecule has 0 aliphatic rings. The van der Waals surface area contributed by atoms with Gasteiger partial charge in [-0.15, -0.1) is 0 Å². The van der Waals surface area contributed by atoms with Gasteiger partial charge in [0, 0.05) is 18.7 Å². The molecule has 0 bridgehead atoms. The summed E-state index contributed by atoms with van der Waals surface area (Å²) in [6.45, 7) is 7.90. The van der Waals surface area contributed by atoms with Gasteiger partial charge in [-0.2, -0.15) is 0 Å². The molecule has 0 aliphatic carbocycles. The minimum Gasteiger partial charge on any atom is -0.373 e. The van der Waals surface area contributed by atoms with Gasteiger partial charge in [-0.3, -0.25) is 4.79 Å². The number of aryl methyl sites for hydroxylation is 1. The number of rotatable bonds is 5. The van der Waals surface area contributed by atoms with Crippen molar-refractivity contribution in [1.29, 1.82) is 0 Å². The second-order valence-electron chi connectivity index (χ2n) is 4.51. The van der Waals surface area contributed by atoms with Crippen molar-refractivity contribution in [2.75, 3.05) is 23.8 Å². The maximum Gasteiger partial charge on any atom is 0.237 e. The summed E-state index contributed by atoms with van der Waals surface area (Å²) in [5, 5.41) is 3.03. The maximum atomic E-state index is 11.2. The number of hydrogen-bond donors (Lipinski definition) is 2. The topological polar surface area (TPSA) is 84.1 Å². The molecular formula is C12H21N5O. The molecule has 1 aromatic heterocycles. The van der Waals surface area contributed by atoms with Gasteiger partial charge in [0.1, 0.15) is 17.5 Å². The fraction of sp³-hybridized carbons (Fsp3) is 0.583. The average molecular weight is 251 g/mol. The van der Waals surface area contributed by atoms with Gasteiger partial charge in [0.15, 0.2) is 0 Å². The molecule has 0 aliphatic heterocycles. The van der Waals surface area contributed by atoms with E-state index in [1.807, 2.05) is 39.6 Å². The Labute approximate surface area is 108 Å². The van der Waals surface area contributed by atoms with Crippen molar-refractivity contribution >= 4 is 17.5 Å². The fourth-order valence-electron chi connectivity index (χ4n) is 1.81. The predicted octanol–water partition coefficient (Wildman–Crippen LogP) is 0.835. The van der Waals surface area contributed by atoms with Crippen molar-refractivity contribution in [3.63, 3.8) is 0 Å². The van der Waals surface area contributed by atoms with Gasteiger partial charge < -0.3 is 16.0 Å². The maximum absolute atomic E-state index is 11.2. The van der Waals surface area contributed by atoms with Crippen molar-refractivity contribution in [2.45, 2.75) is 33.7 Å². The van der Waals surface area contributed by atoms with Crippen LogP contribution in [0.1, 0.15) is 25.2 Å². The first kappa shape index (κ1) is 14.2. The highest BCUT2D eigenvalue weighted by Crippen LogP contribution is 2.24. The summed E-state index contributed by atoms with van der Waals surface area (Å²) >= 11 is 0. The zero-order valence-corrected chi connectivity index (χ0v) is 11.6. The van der Waals surface area contributed by atoms with E-state index in [0.29, 0.717) is 5.82 Å². The molecule has 0 fully saturated rings. The van der Waals surface area contributed by atoms with Crippen LogP contribution in [0, 0.1) is 13.8 Å². The van der Waals surface area contributed by atoms with E-state index in [1.165, 1.54) is 0 Å². The molecule has 0 atom stereocenters. The van der Waals surface area contributed by atoms with Crippen molar-refractivity contribution in [3.05, 3.63) is 11.4 Å². The summed E-state index contributed by atoms with van der Waals surface area (Å²) in [6, 6.07) is 0.134. The second-order valence-corrected chi connectivity index (χ2v) is 4.51. The Balaban J connectivity index is 3.27. The Morgan fingerprint density at radius 1 is 1.39 bits per heavy atom. The number of anilines is 2. The van der Waals surface area contributed by atoms with E-state index in [4.69, 9.17) is 5.73 Å². The molecule has 3 N–H and O–H groups in total. The third-order valence-corrected chi connectivity index (χ3v) is 2.69. The molecule has 0 aromatic carbocycles. The Hall–Kier alpha value is -1.85. The molecule has 6 nitrogen and oxygen atoms in total. The third-order valence-electron chi connectivity index (χ3n) is 2.69. The lowest BCUT2D eigenvalue weighted by molar-refractivity contribution is -0.116. The first-order valence-corrected chi connectivity index (χ1v) is 5.94. The van der Waals surface area contributed by atoms with Crippen LogP contribution < -0.4 is 16.0 Å². The van der Waals surface area contributed by atoms with Crippen LogP contribution in [0.5, 0.6) is 0 Å². The second kappa shape index (κ2) is 5.66. The first-order chi connectivity index (χ1) is 8.36. The summed E-state index contributed by atoms with van der Waals surface area (Å²) in [6.07, 6.45) is 0. The van der Waals surface area contributed by atoms with Gasteiger partial charge in [-0.1, -0.05) is 0 Å². The van der Waals surface area contributed by atoms with Gasteiger partial charge in [0.05, 0.1) is 6.54 Å². The zero-order valence-electron chi connectivity index (χ0n) is 11.6. The first-order valence-electron chi connectivity index (χ1n) is 5.94. The summed E-state index contributed by atoms with van der Waals surface area (Å²) in [5.74, 6) is 1.81. The smallest absolute Gasteiger partial charge is 0.237 e. The number of carbonyl (C=O) groups is 1.